The van der Waals surface area contributed by atoms with Crippen molar-refractivity contribution in [1.29, 1.82) is 0 Å². The average molecular weight is 444 g/mol. The smallest absolute Gasteiger partial charge is 0.243 e. The van der Waals surface area contributed by atoms with Crippen molar-refractivity contribution in [3.05, 3.63) is 35.9 Å². The lowest BCUT2D eigenvalue weighted by atomic mass is 9.98. The number of nitrogens with zero attached hydrogens (tertiary/aromatic N) is 3. The summed E-state index contributed by atoms with van der Waals surface area (Å²) < 4.78 is 4.52. The molecule has 2 aromatic rings. The molecule has 1 fully saturated rings. The second kappa shape index (κ2) is 8.54. The van der Waals surface area contributed by atoms with Gasteiger partial charge in [0.05, 0.1) is 21.7 Å². The van der Waals surface area contributed by atoms with Crippen molar-refractivity contribution in [2.75, 3.05) is 23.7 Å². The minimum Gasteiger partial charge on any atom is -0.399 e. The van der Waals surface area contributed by atoms with E-state index >= 15 is 0 Å². The molecular formula is C24H43N4Si2+. The Kier molecular flexibility index (Phi) is 6.58. The summed E-state index contributed by atoms with van der Waals surface area (Å²) in [7, 11) is -0.555. The molecule has 1 atom stereocenters. The highest BCUT2D eigenvalue weighted by Crippen LogP contribution is 2.35. The lowest BCUT2D eigenvalue weighted by Crippen LogP contribution is -2.41. The fourth-order valence-electron chi connectivity index (χ4n) is 4.75. The van der Waals surface area contributed by atoms with Gasteiger partial charge >= 0.3 is 0 Å². The summed E-state index contributed by atoms with van der Waals surface area (Å²) in [6.45, 7) is 19.2. The standard InChI is InChI=1S/C24H43N4Si2/c1-9-20-21(11-15-29(3,4)5)24(25)23(30(6,7)8)16-22(20)27-12-10-19(17-27)28-14-13-26(2)18-28/h13-14,16,18-19H,9-12,15,17,25H2,1-8H3/q+1. The molecule has 1 saturated heterocycles. The van der Waals surface area contributed by atoms with Gasteiger partial charge in [0.2, 0.25) is 6.33 Å². The molecule has 1 aromatic heterocycles. The molecule has 30 heavy (non-hydrogen) atoms. The zero-order chi connectivity index (χ0) is 22.3. The number of nitrogens with two attached hydrogens (primary N) is 1. The number of hydrogen-bond donors (Lipinski definition) is 1. The number of rotatable bonds is 7. The SMILES string of the molecule is CCc1c(N2CCC(n3cc[n+](C)c3)C2)cc([Si](C)(C)C)c(N)c1CC[Si](C)(C)C. The largest absolute Gasteiger partial charge is 0.399 e. The maximum absolute atomic E-state index is 6.89. The summed E-state index contributed by atoms with van der Waals surface area (Å²) in [6, 6.07) is 4.34. The molecule has 0 spiro atoms. The Balaban J connectivity index is 2.02. The first-order valence-electron chi connectivity index (χ1n) is 11.6. The van der Waals surface area contributed by atoms with E-state index in [1.807, 2.05) is 0 Å². The minimum atomic E-state index is -1.53. The molecule has 0 aliphatic carbocycles. The van der Waals surface area contributed by atoms with E-state index in [1.165, 1.54) is 34.5 Å². The van der Waals surface area contributed by atoms with Crippen LogP contribution in [0, 0.1) is 0 Å². The first-order chi connectivity index (χ1) is 13.9. The zero-order valence-electron chi connectivity index (χ0n) is 20.5. The summed E-state index contributed by atoms with van der Waals surface area (Å²) in [4.78, 5) is 2.64. The van der Waals surface area contributed by atoms with E-state index in [0.29, 0.717) is 6.04 Å². The van der Waals surface area contributed by atoms with Crippen LogP contribution >= 0.6 is 0 Å². The van der Waals surface area contributed by atoms with E-state index in [0.717, 1.165) is 31.6 Å². The number of aromatic nitrogens is 2. The van der Waals surface area contributed by atoms with Gasteiger partial charge < -0.3 is 10.6 Å². The van der Waals surface area contributed by atoms with Crippen LogP contribution in [0.15, 0.2) is 24.8 Å². The fourth-order valence-corrected chi connectivity index (χ4v) is 7.28. The van der Waals surface area contributed by atoms with Crippen molar-refractivity contribution >= 4 is 32.7 Å². The molecule has 0 radical (unpaired) electrons. The molecule has 3 rings (SSSR count). The van der Waals surface area contributed by atoms with Crippen LogP contribution in [-0.4, -0.2) is 33.8 Å². The van der Waals surface area contributed by atoms with Gasteiger partial charge in [0.25, 0.3) is 0 Å². The van der Waals surface area contributed by atoms with Crippen LogP contribution in [0.3, 0.4) is 0 Å². The van der Waals surface area contributed by atoms with Gasteiger partial charge in [-0.3, -0.25) is 0 Å². The van der Waals surface area contributed by atoms with Gasteiger partial charge in [-0.05, 0) is 35.2 Å². The van der Waals surface area contributed by atoms with Gasteiger partial charge in [-0.1, -0.05) is 52.2 Å². The Morgan fingerprint density at radius 1 is 1.13 bits per heavy atom. The molecule has 1 aliphatic rings. The fraction of sp³-hybridized carbons (Fsp3) is 0.625. The van der Waals surface area contributed by atoms with Gasteiger partial charge in [0.15, 0.2) is 0 Å². The van der Waals surface area contributed by atoms with Crippen molar-refractivity contribution in [3.63, 3.8) is 0 Å². The van der Waals surface area contributed by atoms with Crippen LogP contribution in [0.5, 0.6) is 0 Å². The lowest BCUT2D eigenvalue weighted by Gasteiger charge is -2.30. The van der Waals surface area contributed by atoms with Crippen molar-refractivity contribution in [2.24, 2.45) is 7.05 Å². The lowest BCUT2D eigenvalue weighted by molar-refractivity contribution is -0.671. The van der Waals surface area contributed by atoms with E-state index in [9.17, 15) is 0 Å². The quantitative estimate of drug-likeness (QED) is 0.393. The van der Waals surface area contributed by atoms with E-state index < -0.39 is 16.1 Å². The van der Waals surface area contributed by atoms with E-state index in [-0.39, 0.29) is 0 Å². The molecule has 1 aromatic carbocycles. The Labute approximate surface area is 186 Å². The third kappa shape index (κ3) is 5.02. The van der Waals surface area contributed by atoms with E-state index in [4.69, 9.17) is 5.73 Å². The molecule has 0 bridgehead atoms. The van der Waals surface area contributed by atoms with Gasteiger partial charge in [-0.2, -0.15) is 0 Å². The number of anilines is 2. The third-order valence-corrected chi connectivity index (χ3v) is 10.4. The minimum absolute atomic E-state index is 0.550. The summed E-state index contributed by atoms with van der Waals surface area (Å²) in [5, 5.41) is 1.45. The van der Waals surface area contributed by atoms with Crippen molar-refractivity contribution in [3.8, 4) is 0 Å². The van der Waals surface area contributed by atoms with Gasteiger partial charge in [-0.15, -0.1) is 0 Å². The molecule has 2 heterocycles. The van der Waals surface area contributed by atoms with Crippen LogP contribution in [0.1, 0.15) is 30.5 Å². The maximum atomic E-state index is 6.89. The molecule has 0 saturated carbocycles. The summed E-state index contributed by atoms with van der Waals surface area (Å²) >= 11 is 0. The predicted octanol–water partition coefficient (Wildman–Crippen LogP) is 4.33. The Hall–Kier alpha value is -1.54. The van der Waals surface area contributed by atoms with E-state index in [1.54, 1.807) is 0 Å². The number of hydrogen-bond acceptors (Lipinski definition) is 2. The topological polar surface area (TPSA) is 38.1 Å². The average Bonchev–Trinajstić information content (AvgIpc) is 3.27. The molecule has 1 unspecified atom stereocenters. The first kappa shape index (κ1) is 23.1. The zero-order valence-corrected chi connectivity index (χ0v) is 22.5. The molecular weight excluding hydrogens is 400 g/mol. The molecule has 4 nitrogen and oxygen atoms in total. The number of imidazole rings is 1. The molecule has 1 aliphatic heterocycles. The maximum Gasteiger partial charge on any atom is 0.243 e. The predicted molar refractivity (Wildman–Crippen MR) is 137 cm³/mol. The van der Waals surface area contributed by atoms with Crippen molar-refractivity contribution in [1.82, 2.24) is 4.57 Å². The first-order valence-corrected chi connectivity index (χ1v) is 18.8. The number of benzene rings is 1. The highest BCUT2D eigenvalue weighted by molar-refractivity contribution is 6.89. The van der Waals surface area contributed by atoms with Crippen LogP contribution in [0.4, 0.5) is 11.4 Å². The molecule has 6 heteroatoms. The van der Waals surface area contributed by atoms with Crippen LogP contribution < -0.4 is 20.4 Å². The number of nitrogen functional groups attached to an aromatic ring is 1. The Morgan fingerprint density at radius 3 is 2.37 bits per heavy atom. The summed E-state index contributed by atoms with van der Waals surface area (Å²) in [5.41, 5.74) is 12.4. The van der Waals surface area contributed by atoms with Crippen LogP contribution in [0.2, 0.25) is 45.3 Å². The van der Waals surface area contributed by atoms with E-state index in [2.05, 4.69) is 92.1 Å². The summed E-state index contributed by atoms with van der Waals surface area (Å²) in [6.07, 6.45) is 9.97. The van der Waals surface area contributed by atoms with Crippen molar-refractivity contribution < 1.29 is 4.57 Å². The van der Waals surface area contributed by atoms with Crippen molar-refractivity contribution in [2.45, 2.75) is 77.6 Å². The highest BCUT2D eigenvalue weighted by atomic mass is 28.3. The molecule has 166 valence electrons. The van der Waals surface area contributed by atoms with Crippen LogP contribution in [0.25, 0.3) is 0 Å². The Morgan fingerprint density at radius 2 is 1.83 bits per heavy atom. The highest BCUT2D eigenvalue weighted by Gasteiger charge is 2.32. The van der Waals surface area contributed by atoms with Crippen LogP contribution in [-0.2, 0) is 19.9 Å². The normalized spacial score (nSPS) is 17.7. The van der Waals surface area contributed by atoms with Gasteiger partial charge in [0.1, 0.15) is 18.4 Å². The Bertz CT molecular complexity index is 890. The summed E-state index contributed by atoms with van der Waals surface area (Å²) in [5.74, 6) is 0. The second-order valence-corrected chi connectivity index (χ2v) is 22.1. The third-order valence-electron chi connectivity index (χ3n) is 6.57. The monoisotopic (exact) mass is 443 g/mol. The van der Waals surface area contributed by atoms with Gasteiger partial charge in [-0.25, -0.2) is 9.13 Å². The van der Waals surface area contributed by atoms with Gasteiger partial charge in [0, 0.05) is 32.4 Å². The number of aryl methyl sites for hydroxylation is 1. The second-order valence-electron chi connectivity index (χ2n) is 11.4. The molecule has 2 N–H and O–H groups in total. The molecule has 0 amide bonds.